The first-order valence-corrected chi connectivity index (χ1v) is 8.12. The number of ether oxygens (including phenoxy) is 1. The Kier molecular flexibility index (Phi) is 6.75. The minimum absolute atomic E-state index is 0.219. The zero-order valence-electron chi connectivity index (χ0n) is 13.8. The summed E-state index contributed by atoms with van der Waals surface area (Å²) in [4.78, 5) is 4.54. The second-order valence-corrected chi connectivity index (χ2v) is 5.61. The van der Waals surface area contributed by atoms with Gasteiger partial charge in [-0.25, -0.2) is 4.99 Å². The van der Waals surface area contributed by atoms with Gasteiger partial charge in [0.2, 0.25) is 0 Å². The molecule has 2 rings (SSSR count). The Morgan fingerprint density at radius 2 is 1.92 bits per heavy atom. The molecule has 0 aliphatic rings. The second kappa shape index (κ2) is 9.03. The van der Waals surface area contributed by atoms with Crippen molar-refractivity contribution in [3.05, 3.63) is 58.6 Å². The molecule has 6 heteroatoms. The number of rotatable bonds is 6. The monoisotopic (exact) mass is 347 g/mol. The molecule has 0 saturated heterocycles. The van der Waals surface area contributed by atoms with Crippen molar-refractivity contribution in [1.82, 2.24) is 10.6 Å². The van der Waals surface area contributed by atoms with Gasteiger partial charge in [-0.2, -0.15) is 0 Å². The molecule has 0 unspecified atom stereocenters. The number of halogens is 1. The molecule has 0 fully saturated rings. The van der Waals surface area contributed by atoms with Crippen LogP contribution in [0, 0.1) is 0 Å². The van der Waals surface area contributed by atoms with Gasteiger partial charge in [-0.3, -0.25) is 0 Å². The summed E-state index contributed by atoms with van der Waals surface area (Å²) in [6.07, 6.45) is 0. The fraction of sp³-hybridized carbons (Fsp3) is 0.278. The summed E-state index contributed by atoms with van der Waals surface area (Å²) in [6, 6.07) is 12.7. The van der Waals surface area contributed by atoms with Crippen LogP contribution in [0.3, 0.4) is 0 Å². The molecule has 0 aliphatic carbocycles. The van der Waals surface area contributed by atoms with Gasteiger partial charge in [0.25, 0.3) is 0 Å². The highest BCUT2D eigenvalue weighted by Crippen LogP contribution is 2.22. The van der Waals surface area contributed by atoms with Crippen molar-refractivity contribution in [2.75, 3.05) is 13.7 Å². The maximum absolute atomic E-state index is 9.94. The number of benzene rings is 2. The predicted molar refractivity (Wildman–Crippen MR) is 97.8 cm³/mol. The Bertz CT molecular complexity index is 687. The first kappa shape index (κ1) is 17.9. The average Bonchev–Trinajstić information content (AvgIpc) is 2.60. The first-order chi connectivity index (χ1) is 11.6. The highest BCUT2D eigenvalue weighted by atomic mass is 35.5. The molecule has 0 spiro atoms. The van der Waals surface area contributed by atoms with Crippen molar-refractivity contribution in [3.8, 4) is 11.5 Å². The summed E-state index contributed by atoms with van der Waals surface area (Å²) in [5, 5.41) is 17.0. The zero-order chi connectivity index (χ0) is 17.4. The Hall–Kier alpha value is -2.40. The van der Waals surface area contributed by atoms with Crippen LogP contribution in [0.25, 0.3) is 0 Å². The number of hydrogen-bond acceptors (Lipinski definition) is 3. The summed E-state index contributed by atoms with van der Waals surface area (Å²) in [5.74, 6) is 1.60. The maximum atomic E-state index is 9.94. The van der Waals surface area contributed by atoms with E-state index < -0.39 is 0 Å². The molecule has 0 saturated carbocycles. The number of phenolic OH excluding ortho intramolecular Hbond substituents is 1. The fourth-order valence-corrected chi connectivity index (χ4v) is 2.24. The summed E-state index contributed by atoms with van der Waals surface area (Å²) in [5.41, 5.74) is 1.81. The minimum atomic E-state index is 0.219. The smallest absolute Gasteiger partial charge is 0.191 e. The second-order valence-electron chi connectivity index (χ2n) is 5.17. The molecule has 24 heavy (non-hydrogen) atoms. The Balaban J connectivity index is 2.02. The van der Waals surface area contributed by atoms with Crippen LogP contribution < -0.4 is 15.4 Å². The highest BCUT2D eigenvalue weighted by molar-refractivity contribution is 6.30. The van der Waals surface area contributed by atoms with Gasteiger partial charge in [-0.1, -0.05) is 23.7 Å². The van der Waals surface area contributed by atoms with Crippen molar-refractivity contribution in [2.24, 2.45) is 4.99 Å². The van der Waals surface area contributed by atoms with Crippen LogP contribution in [0.15, 0.2) is 47.5 Å². The largest absolute Gasteiger partial charge is 0.508 e. The topological polar surface area (TPSA) is 65.9 Å². The van der Waals surface area contributed by atoms with Crippen LogP contribution in [0.4, 0.5) is 0 Å². The van der Waals surface area contributed by atoms with E-state index in [1.54, 1.807) is 25.3 Å². The molecule has 0 aliphatic heterocycles. The third kappa shape index (κ3) is 5.35. The SMILES string of the molecule is CCNC(=NCc1ccc(Cl)cc1)NCc1cc(OC)ccc1O. The molecule has 0 amide bonds. The number of hydrogen-bond donors (Lipinski definition) is 3. The number of guanidine groups is 1. The quantitative estimate of drug-likeness (QED) is 0.554. The van der Waals surface area contributed by atoms with E-state index in [4.69, 9.17) is 16.3 Å². The van der Waals surface area contributed by atoms with Gasteiger partial charge >= 0.3 is 0 Å². The Morgan fingerprint density at radius 1 is 1.17 bits per heavy atom. The lowest BCUT2D eigenvalue weighted by Gasteiger charge is -2.13. The molecular formula is C18H22ClN3O2. The van der Waals surface area contributed by atoms with Crippen LogP contribution in [0.5, 0.6) is 11.5 Å². The summed E-state index contributed by atoms with van der Waals surface area (Å²) in [6.45, 7) is 3.73. The van der Waals surface area contributed by atoms with Gasteiger partial charge in [0.15, 0.2) is 5.96 Å². The molecule has 5 nitrogen and oxygen atoms in total. The number of nitrogens with zero attached hydrogens (tertiary/aromatic N) is 1. The average molecular weight is 348 g/mol. The number of aliphatic imine (C=N–C) groups is 1. The summed E-state index contributed by atoms with van der Waals surface area (Å²) in [7, 11) is 1.60. The van der Waals surface area contributed by atoms with Crippen molar-refractivity contribution >= 4 is 17.6 Å². The number of methoxy groups -OCH3 is 1. The molecule has 0 bridgehead atoms. The van der Waals surface area contributed by atoms with Crippen molar-refractivity contribution in [2.45, 2.75) is 20.0 Å². The van der Waals surface area contributed by atoms with E-state index in [2.05, 4.69) is 15.6 Å². The van der Waals surface area contributed by atoms with E-state index in [-0.39, 0.29) is 5.75 Å². The van der Waals surface area contributed by atoms with Gasteiger partial charge in [0.1, 0.15) is 11.5 Å². The molecule has 3 N–H and O–H groups in total. The molecule has 0 radical (unpaired) electrons. The van der Waals surface area contributed by atoms with Gasteiger partial charge in [0.05, 0.1) is 13.7 Å². The highest BCUT2D eigenvalue weighted by Gasteiger charge is 2.05. The van der Waals surface area contributed by atoms with E-state index in [1.165, 1.54) is 0 Å². The molecule has 2 aromatic carbocycles. The lowest BCUT2D eigenvalue weighted by atomic mass is 10.2. The van der Waals surface area contributed by atoms with Gasteiger partial charge in [-0.05, 0) is 42.8 Å². The lowest BCUT2D eigenvalue weighted by Crippen LogP contribution is -2.36. The zero-order valence-corrected chi connectivity index (χ0v) is 14.6. The predicted octanol–water partition coefficient (Wildman–Crippen LogP) is 3.31. The third-order valence-corrected chi connectivity index (χ3v) is 3.66. The van der Waals surface area contributed by atoms with Crippen LogP contribution >= 0.6 is 11.6 Å². The summed E-state index contributed by atoms with van der Waals surface area (Å²) < 4.78 is 5.18. The normalized spacial score (nSPS) is 11.2. The number of aromatic hydroxyl groups is 1. The molecule has 0 heterocycles. The Morgan fingerprint density at radius 3 is 2.58 bits per heavy atom. The number of nitrogens with one attached hydrogen (secondary N) is 2. The number of phenols is 1. The van der Waals surface area contributed by atoms with E-state index in [9.17, 15) is 5.11 Å². The standard InChI is InChI=1S/C18H22ClN3O2/c1-3-20-18(21-11-13-4-6-15(19)7-5-13)22-12-14-10-16(24-2)8-9-17(14)23/h4-10,23H,3,11-12H2,1-2H3,(H2,20,21,22). The van der Waals surface area contributed by atoms with Gasteiger partial charge in [-0.15, -0.1) is 0 Å². The molecule has 2 aromatic rings. The summed E-state index contributed by atoms with van der Waals surface area (Å²) >= 11 is 5.89. The van der Waals surface area contributed by atoms with E-state index >= 15 is 0 Å². The van der Waals surface area contributed by atoms with Crippen LogP contribution in [0.1, 0.15) is 18.1 Å². The molecule has 0 atom stereocenters. The van der Waals surface area contributed by atoms with Crippen LogP contribution in [0.2, 0.25) is 5.02 Å². The van der Waals surface area contributed by atoms with Gasteiger partial charge in [0, 0.05) is 23.7 Å². The van der Waals surface area contributed by atoms with Crippen LogP contribution in [-0.4, -0.2) is 24.7 Å². The van der Waals surface area contributed by atoms with E-state index in [0.717, 1.165) is 17.7 Å². The van der Waals surface area contributed by atoms with Gasteiger partial charge < -0.3 is 20.5 Å². The molecule has 0 aromatic heterocycles. The maximum Gasteiger partial charge on any atom is 0.191 e. The fourth-order valence-electron chi connectivity index (χ4n) is 2.11. The Labute approximate surface area is 147 Å². The van der Waals surface area contributed by atoms with E-state index in [0.29, 0.717) is 29.8 Å². The molecular weight excluding hydrogens is 326 g/mol. The van der Waals surface area contributed by atoms with Crippen LogP contribution in [-0.2, 0) is 13.1 Å². The minimum Gasteiger partial charge on any atom is -0.508 e. The van der Waals surface area contributed by atoms with E-state index in [1.807, 2.05) is 31.2 Å². The molecule has 128 valence electrons. The lowest BCUT2D eigenvalue weighted by molar-refractivity contribution is 0.410. The van der Waals surface area contributed by atoms with Crippen molar-refractivity contribution < 1.29 is 9.84 Å². The third-order valence-electron chi connectivity index (χ3n) is 3.41. The van der Waals surface area contributed by atoms with Crippen molar-refractivity contribution in [3.63, 3.8) is 0 Å². The first-order valence-electron chi connectivity index (χ1n) is 7.75. The van der Waals surface area contributed by atoms with Crippen molar-refractivity contribution in [1.29, 1.82) is 0 Å².